The smallest absolute Gasteiger partial charge is 0.191 e. The molecule has 0 bridgehead atoms. The molecule has 0 aliphatic heterocycles. The van der Waals surface area contributed by atoms with Crippen molar-refractivity contribution in [2.45, 2.75) is 26.2 Å². The van der Waals surface area contributed by atoms with E-state index in [-0.39, 0.29) is 24.0 Å². The van der Waals surface area contributed by atoms with Gasteiger partial charge in [-0.1, -0.05) is 6.07 Å². The normalized spacial score (nSPS) is 11.3. The molecule has 0 fully saturated rings. The zero-order valence-corrected chi connectivity index (χ0v) is 17.5. The Labute approximate surface area is 165 Å². The van der Waals surface area contributed by atoms with E-state index < -0.39 is 0 Å². The molecule has 0 amide bonds. The van der Waals surface area contributed by atoms with Crippen LogP contribution < -0.4 is 10.6 Å². The van der Waals surface area contributed by atoms with Gasteiger partial charge in [0.2, 0.25) is 0 Å². The minimum atomic E-state index is 0. The fourth-order valence-electron chi connectivity index (χ4n) is 2.24. The van der Waals surface area contributed by atoms with E-state index in [0.717, 1.165) is 49.9 Å². The molecule has 2 rings (SSSR count). The third-order valence-corrected chi connectivity index (χ3v) is 4.09. The summed E-state index contributed by atoms with van der Waals surface area (Å²) >= 11 is 1.89. The van der Waals surface area contributed by atoms with Crippen molar-refractivity contribution in [3.63, 3.8) is 0 Å². The second-order valence-electron chi connectivity index (χ2n) is 5.18. The Bertz CT molecular complexity index is 615. The predicted molar refractivity (Wildman–Crippen MR) is 114 cm³/mol. The Balaban J connectivity index is 0.00000288. The molecule has 24 heavy (non-hydrogen) atoms. The molecule has 2 aromatic heterocycles. The number of hydrogen-bond acceptors (Lipinski definition) is 4. The quantitative estimate of drug-likeness (QED) is 0.260. The van der Waals surface area contributed by atoms with E-state index in [1.807, 2.05) is 40.6 Å². The van der Waals surface area contributed by atoms with Crippen molar-refractivity contribution in [2.75, 3.05) is 31.6 Å². The van der Waals surface area contributed by atoms with Gasteiger partial charge in [0.15, 0.2) is 11.6 Å². The number of nitrogens with one attached hydrogen (secondary N) is 2. The summed E-state index contributed by atoms with van der Waals surface area (Å²) in [6, 6.07) is 5.93. The molecular formula is C16H27IN6S. The van der Waals surface area contributed by atoms with E-state index in [1.54, 1.807) is 0 Å². The molecule has 0 radical (unpaired) electrons. The van der Waals surface area contributed by atoms with Gasteiger partial charge in [-0.25, -0.2) is 0 Å². The second kappa shape index (κ2) is 12.3. The number of hydrogen-bond donors (Lipinski definition) is 2. The van der Waals surface area contributed by atoms with Crippen LogP contribution in [0.25, 0.3) is 5.65 Å². The summed E-state index contributed by atoms with van der Waals surface area (Å²) in [6.07, 6.45) is 7.29. The summed E-state index contributed by atoms with van der Waals surface area (Å²) in [5.41, 5.74) is 0.886. The summed E-state index contributed by atoms with van der Waals surface area (Å²) in [7, 11) is 0. The number of aliphatic imine (C=N–C) groups is 1. The summed E-state index contributed by atoms with van der Waals surface area (Å²) in [5.74, 6) is 3.05. The third-order valence-electron chi connectivity index (χ3n) is 3.40. The Morgan fingerprint density at radius 2 is 2.12 bits per heavy atom. The summed E-state index contributed by atoms with van der Waals surface area (Å²) in [6.45, 7) is 4.59. The number of aromatic nitrogens is 3. The number of pyridine rings is 1. The molecule has 0 aliphatic carbocycles. The second-order valence-corrected chi connectivity index (χ2v) is 6.17. The number of thioether (sulfide) groups is 1. The lowest BCUT2D eigenvalue weighted by atomic mass is 10.3. The van der Waals surface area contributed by atoms with Crippen molar-refractivity contribution in [1.82, 2.24) is 25.2 Å². The van der Waals surface area contributed by atoms with Gasteiger partial charge in [-0.2, -0.15) is 11.8 Å². The first-order valence-corrected chi connectivity index (χ1v) is 9.54. The Hall–Kier alpha value is -1.03. The lowest BCUT2D eigenvalue weighted by Gasteiger charge is -2.10. The van der Waals surface area contributed by atoms with Crippen molar-refractivity contribution in [3.8, 4) is 0 Å². The minimum absolute atomic E-state index is 0. The van der Waals surface area contributed by atoms with Crippen LogP contribution in [0.4, 0.5) is 0 Å². The van der Waals surface area contributed by atoms with Gasteiger partial charge in [-0.15, -0.1) is 34.2 Å². The lowest BCUT2D eigenvalue weighted by Crippen LogP contribution is -2.38. The van der Waals surface area contributed by atoms with Crippen molar-refractivity contribution >= 4 is 47.3 Å². The number of fused-ring (bicyclic) bond motifs is 1. The van der Waals surface area contributed by atoms with Crippen molar-refractivity contribution in [3.05, 3.63) is 30.2 Å². The number of nitrogens with zero attached hydrogens (tertiary/aromatic N) is 4. The van der Waals surface area contributed by atoms with Gasteiger partial charge >= 0.3 is 0 Å². The molecule has 0 atom stereocenters. The molecule has 0 spiro atoms. The molecule has 134 valence electrons. The van der Waals surface area contributed by atoms with E-state index in [2.05, 4.69) is 39.0 Å². The predicted octanol–water partition coefficient (Wildman–Crippen LogP) is 2.59. The largest absolute Gasteiger partial charge is 0.357 e. The maximum absolute atomic E-state index is 4.61. The van der Waals surface area contributed by atoms with Gasteiger partial charge < -0.3 is 10.6 Å². The van der Waals surface area contributed by atoms with Gasteiger partial charge in [0.1, 0.15) is 5.82 Å². The zero-order valence-electron chi connectivity index (χ0n) is 14.4. The standard InChI is InChI=1S/C16H26N6S.HI/c1-3-17-16(18-10-5-7-13-23-2)19-11-9-15-21-20-14-8-4-6-12-22(14)15;/h4,6,8,12H,3,5,7,9-11,13H2,1-2H3,(H2,17,18,19);1H. The van der Waals surface area contributed by atoms with Crippen LogP contribution in [0.3, 0.4) is 0 Å². The molecule has 0 aromatic carbocycles. The zero-order chi connectivity index (χ0) is 16.3. The van der Waals surface area contributed by atoms with Crippen LogP contribution in [0.15, 0.2) is 29.4 Å². The third kappa shape index (κ3) is 6.84. The fraction of sp³-hybridized carbons (Fsp3) is 0.562. The van der Waals surface area contributed by atoms with Crippen molar-refractivity contribution in [1.29, 1.82) is 0 Å². The number of halogens is 1. The number of unbranched alkanes of at least 4 members (excludes halogenated alkanes) is 1. The highest BCUT2D eigenvalue weighted by Crippen LogP contribution is 2.03. The van der Waals surface area contributed by atoms with Crippen LogP contribution in [0.2, 0.25) is 0 Å². The Kier molecular flexibility index (Phi) is 10.8. The molecule has 2 aromatic rings. The summed E-state index contributed by atoms with van der Waals surface area (Å²) in [5, 5.41) is 15.1. The molecule has 8 heteroatoms. The van der Waals surface area contributed by atoms with Crippen molar-refractivity contribution in [2.24, 2.45) is 4.99 Å². The van der Waals surface area contributed by atoms with E-state index in [0.29, 0.717) is 0 Å². The first kappa shape index (κ1) is 21.0. The monoisotopic (exact) mass is 462 g/mol. The average Bonchev–Trinajstić information content (AvgIpc) is 2.98. The van der Waals surface area contributed by atoms with Gasteiger partial charge in [-0.05, 0) is 43.9 Å². The topological polar surface area (TPSA) is 66.6 Å². The highest BCUT2D eigenvalue weighted by atomic mass is 127. The number of guanidine groups is 1. The van der Waals surface area contributed by atoms with Crippen molar-refractivity contribution < 1.29 is 0 Å². The summed E-state index contributed by atoms with van der Waals surface area (Å²) < 4.78 is 2.02. The minimum Gasteiger partial charge on any atom is -0.357 e. The SMILES string of the molecule is CCNC(=NCCCCSC)NCCc1nnc2ccccn12.I. The molecular weight excluding hydrogens is 435 g/mol. The number of rotatable bonds is 9. The fourth-order valence-corrected chi connectivity index (χ4v) is 2.74. The molecule has 6 nitrogen and oxygen atoms in total. The van der Waals surface area contributed by atoms with Gasteiger partial charge in [0.25, 0.3) is 0 Å². The molecule has 0 unspecified atom stereocenters. The maximum atomic E-state index is 4.61. The van der Waals surface area contributed by atoms with Crippen LogP contribution in [-0.2, 0) is 6.42 Å². The molecule has 2 heterocycles. The van der Waals surface area contributed by atoms with Crippen LogP contribution >= 0.6 is 35.7 Å². The van der Waals surface area contributed by atoms with Crippen LogP contribution in [0.5, 0.6) is 0 Å². The Morgan fingerprint density at radius 3 is 2.92 bits per heavy atom. The Morgan fingerprint density at radius 1 is 1.25 bits per heavy atom. The molecule has 0 saturated heterocycles. The summed E-state index contributed by atoms with van der Waals surface area (Å²) in [4.78, 5) is 4.61. The highest BCUT2D eigenvalue weighted by Gasteiger charge is 2.04. The maximum Gasteiger partial charge on any atom is 0.191 e. The van der Waals surface area contributed by atoms with E-state index in [1.165, 1.54) is 12.2 Å². The van der Waals surface area contributed by atoms with E-state index >= 15 is 0 Å². The van der Waals surface area contributed by atoms with Gasteiger partial charge in [-0.3, -0.25) is 9.39 Å². The van der Waals surface area contributed by atoms with Crippen LogP contribution in [-0.4, -0.2) is 52.2 Å². The molecule has 0 saturated carbocycles. The van der Waals surface area contributed by atoms with E-state index in [9.17, 15) is 0 Å². The van der Waals surface area contributed by atoms with Gasteiger partial charge in [0.05, 0.1) is 0 Å². The van der Waals surface area contributed by atoms with Crippen LogP contribution in [0, 0.1) is 0 Å². The van der Waals surface area contributed by atoms with E-state index in [4.69, 9.17) is 0 Å². The first-order chi connectivity index (χ1) is 11.3. The van der Waals surface area contributed by atoms with Gasteiger partial charge in [0, 0.05) is 32.3 Å². The lowest BCUT2D eigenvalue weighted by molar-refractivity contribution is 0.750. The van der Waals surface area contributed by atoms with Crippen LogP contribution in [0.1, 0.15) is 25.6 Å². The molecule has 0 aliphatic rings. The first-order valence-electron chi connectivity index (χ1n) is 8.15. The average molecular weight is 462 g/mol. The highest BCUT2D eigenvalue weighted by molar-refractivity contribution is 14.0. The molecule has 2 N–H and O–H groups in total.